The van der Waals surface area contributed by atoms with Gasteiger partial charge in [-0.1, -0.05) is 59.6 Å². The first kappa shape index (κ1) is 22.3. The standard InChI is InChI=1S/C27H18ClN3O4/c1-16-9-11-17(12-10-16)25(33)26-23(20-7-2-3-8-22(20)35-26)29-27(34)24-21(32)13-14-31(30-24)19-6-4-5-18(28)15-19/h2-15H,1H3,(H,29,34). The third-order valence-electron chi connectivity index (χ3n) is 5.45. The molecule has 0 bridgehead atoms. The van der Waals surface area contributed by atoms with Crippen molar-refractivity contribution in [3.63, 3.8) is 0 Å². The van der Waals surface area contributed by atoms with Crippen LogP contribution in [-0.4, -0.2) is 21.5 Å². The van der Waals surface area contributed by atoms with Crippen LogP contribution in [0.1, 0.15) is 32.2 Å². The molecule has 7 nitrogen and oxygen atoms in total. The lowest BCUT2D eigenvalue weighted by atomic mass is 10.1. The quantitative estimate of drug-likeness (QED) is 0.337. The Morgan fingerprint density at radius 1 is 0.971 bits per heavy atom. The molecule has 0 spiro atoms. The summed E-state index contributed by atoms with van der Waals surface area (Å²) in [5.74, 6) is -1.20. The normalized spacial score (nSPS) is 10.9. The first-order valence-electron chi connectivity index (χ1n) is 10.7. The lowest BCUT2D eigenvalue weighted by molar-refractivity contribution is 0.101. The predicted molar refractivity (Wildman–Crippen MR) is 134 cm³/mol. The molecule has 2 aromatic heterocycles. The topological polar surface area (TPSA) is 94.2 Å². The van der Waals surface area contributed by atoms with E-state index in [0.717, 1.165) is 5.56 Å². The number of furan rings is 1. The van der Waals surface area contributed by atoms with Gasteiger partial charge in [-0.2, -0.15) is 5.10 Å². The van der Waals surface area contributed by atoms with E-state index in [9.17, 15) is 14.4 Å². The largest absolute Gasteiger partial charge is 0.450 e. The van der Waals surface area contributed by atoms with Crippen LogP contribution in [0, 0.1) is 6.92 Å². The van der Waals surface area contributed by atoms with Crippen LogP contribution in [0.25, 0.3) is 16.7 Å². The highest BCUT2D eigenvalue weighted by Crippen LogP contribution is 2.32. The number of nitrogens with one attached hydrogen (secondary N) is 1. The number of aryl methyl sites for hydroxylation is 1. The Hall–Kier alpha value is -4.49. The number of benzene rings is 3. The van der Waals surface area contributed by atoms with Crippen molar-refractivity contribution in [1.82, 2.24) is 9.78 Å². The second kappa shape index (κ2) is 9.04. The van der Waals surface area contributed by atoms with Crippen molar-refractivity contribution >= 4 is 39.9 Å². The summed E-state index contributed by atoms with van der Waals surface area (Å²) in [7, 11) is 0. The third kappa shape index (κ3) is 4.37. The van der Waals surface area contributed by atoms with E-state index in [2.05, 4.69) is 10.4 Å². The van der Waals surface area contributed by atoms with E-state index in [1.54, 1.807) is 60.7 Å². The molecule has 3 aromatic carbocycles. The molecule has 5 rings (SSSR count). The molecule has 8 heteroatoms. The summed E-state index contributed by atoms with van der Waals surface area (Å²) in [5, 5.41) is 7.91. The number of aromatic nitrogens is 2. The number of para-hydroxylation sites is 1. The lowest BCUT2D eigenvalue weighted by Gasteiger charge is -2.09. The zero-order valence-electron chi connectivity index (χ0n) is 18.5. The number of nitrogens with zero attached hydrogens (tertiary/aromatic N) is 2. The number of fused-ring (bicyclic) bond motifs is 1. The molecule has 0 atom stereocenters. The minimum atomic E-state index is -0.768. The van der Waals surface area contributed by atoms with E-state index >= 15 is 0 Å². The van der Waals surface area contributed by atoms with Crippen molar-refractivity contribution in [2.75, 3.05) is 5.32 Å². The number of anilines is 1. The second-order valence-electron chi connectivity index (χ2n) is 7.90. The zero-order chi connectivity index (χ0) is 24.5. The maximum absolute atomic E-state index is 13.3. The van der Waals surface area contributed by atoms with E-state index in [-0.39, 0.29) is 17.1 Å². The number of carbonyl (C=O) groups is 2. The minimum Gasteiger partial charge on any atom is -0.450 e. The molecular weight excluding hydrogens is 466 g/mol. The molecule has 0 radical (unpaired) electrons. The summed E-state index contributed by atoms with van der Waals surface area (Å²) in [6, 6.07) is 22.1. The van der Waals surface area contributed by atoms with Gasteiger partial charge in [0.05, 0.1) is 11.4 Å². The summed E-state index contributed by atoms with van der Waals surface area (Å²) >= 11 is 6.06. The van der Waals surface area contributed by atoms with Gasteiger partial charge in [0.25, 0.3) is 5.91 Å². The molecule has 35 heavy (non-hydrogen) atoms. The van der Waals surface area contributed by atoms with Crippen molar-refractivity contribution in [2.24, 2.45) is 0 Å². The van der Waals surface area contributed by atoms with Gasteiger partial charge in [-0.05, 0) is 37.3 Å². The average Bonchev–Trinajstić information content (AvgIpc) is 3.22. The molecule has 0 aliphatic heterocycles. The molecule has 0 saturated carbocycles. The Kier molecular flexibility index (Phi) is 5.76. The number of amides is 1. The number of hydrogen-bond donors (Lipinski definition) is 1. The van der Waals surface area contributed by atoms with Crippen LogP contribution < -0.4 is 10.7 Å². The molecular formula is C27H18ClN3O4. The first-order valence-corrected chi connectivity index (χ1v) is 11.1. The molecule has 0 unspecified atom stereocenters. The summed E-state index contributed by atoms with van der Waals surface area (Å²) < 4.78 is 7.22. The maximum Gasteiger partial charge on any atom is 0.280 e. The van der Waals surface area contributed by atoms with Crippen molar-refractivity contribution in [3.8, 4) is 5.69 Å². The molecule has 0 aliphatic carbocycles. The van der Waals surface area contributed by atoms with E-state index in [1.165, 1.54) is 16.9 Å². The van der Waals surface area contributed by atoms with Gasteiger partial charge in [0, 0.05) is 28.2 Å². The summed E-state index contributed by atoms with van der Waals surface area (Å²) in [6.45, 7) is 1.92. The molecule has 0 fully saturated rings. The van der Waals surface area contributed by atoms with Crippen LogP contribution in [-0.2, 0) is 0 Å². The summed E-state index contributed by atoms with van der Waals surface area (Å²) in [6.07, 6.45) is 1.45. The molecule has 5 aromatic rings. The highest BCUT2D eigenvalue weighted by atomic mass is 35.5. The fourth-order valence-electron chi connectivity index (χ4n) is 3.67. The lowest BCUT2D eigenvalue weighted by Crippen LogP contribution is -2.26. The van der Waals surface area contributed by atoms with Crippen LogP contribution in [0.5, 0.6) is 0 Å². The second-order valence-corrected chi connectivity index (χ2v) is 8.34. The van der Waals surface area contributed by atoms with Crippen LogP contribution in [0.2, 0.25) is 5.02 Å². The van der Waals surface area contributed by atoms with E-state index < -0.39 is 17.1 Å². The Labute approximate surface area is 204 Å². The molecule has 1 amide bonds. The van der Waals surface area contributed by atoms with Gasteiger partial charge in [0.15, 0.2) is 11.5 Å². The maximum atomic E-state index is 13.3. The van der Waals surface area contributed by atoms with Crippen molar-refractivity contribution in [2.45, 2.75) is 6.92 Å². The van der Waals surface area contributed by atoms with Gasteiger partial charge in [0.2, 0.25) is 11.2 Å². The van der Waals surface area contributed by atoms with Crippen LogP contribution >= 0.6 is 11.6 Å². The fourth-order valence-corrected chi connectivity index (χ4v) is 3.85. The van der Waals surface area contributed by atoms with Crippen LogP contribution in [0.15, 0.2) is 94.3 Å². The summed E-state index contributed by atoms with van der Waals surface area (Å²) in [5.41, 5.74) is 1.69. The van der Waals surface area contributed by atoms with E-state index in [0.29, 0.717) is 27.2 Å². The highest BCUT2D eigenvalue weighted by Gasteiger charge is 2.25. The van der Waals surface area contributed by atoms with Crippen molar-refractivity contribution < 1.29 is 14.0 Å². The minimum absolute atomic E-state index is 0.0329. The number of hydrogen-bond acceptors (Lipinski definition) is 5. The monoisotopic (exact) mass is 483 g/mol. The Morgan fingerprint density at radius 2 is 1.74 bits per heavy atom. The predicted octanol–water partition coefficient (Wildman–Crippen LogP) is 5.42. The van der Waals surface area contributed by atoms with Crippen molar-refractivity contribution in [1.29, 1.82) is 0 Å². The van der Waals surface area contributed by atoms with Crippen molar-refractivity contribution in [3.05, 3.63) is 123 Å². The number of ketones is 1. The molecule has 0 saturated heterocycles. The van der Waals surface area contributed by atoms with Gasteiger partial charge in [-0.15, -0.1) is 0 Å². The smallest absolute Gasteiger partial charge is 0.280 e. The highest BCUT2D eigenvalue weighted by molar-refractivity contribution is 6.30. The van der Waals surface area contributed by atoms with E-state index in [4.69, 9.17) is 16.0 Å². The van der Waals surface area contributed by atoms with Gasteiger partial charge >= 0.3 is 0 Å². The Morgan fingerprint density at radius 3 is 2.51 bits per heavy atom. The van der Waals surface area contributed by atoms with Gasteiger partial charge in [-0.3, -0.25) is 14.4 Å². The van der Waals surface area contributed by atoms with Gasteiger partial charge in [0.1, 0.15) is 5.58 Å². The van der Waals surface area contributed by atoms with Gasteiger partial charge < -0.3 is 9.73 Å². The molecule has 1 N–H and O–H groups in total. The third-order valence-corrected chi connectivity index (χ3v) is 5.69. The fraction of sp³-hybridized carbons (Fsp3) is 0.0370. The zero-order valence-corrected chi connectivity index (χ0v) is 19.2. The number of rotatable bonds is 5. The molecule has 2 heterocycles. The Balaban J connectivity index is 1.56. The average molecular weight is 484 g/mol. The Bertz CT molecular complexity index is 1650. The van der Waals surface area contributed by atoms with Crippen LogP contribution in [0.3, 0.4) is 0 Å². The molecule has 0 aliphatic rings. The number of carbonyl (C=O) groups excluding carboxylic acids is 2. The summed E-state index contributed by atoms with van der Waals surface area (Å²) in [4.78, 5) is 39.0. The SMILES string of the molecule is Cc1ccc(C(=O)c2oc3ccccc3c2NC(=O)c2nn(-c3cccc(Cl)c3)ccc2=O)cc1. The van der Waals surface area contributed by atoms with Gasteiger partial charge in [-0.25, -0.2) is 4.68 Å². The number of halogens is 1. The molecule has 172 valence electrons. The first-order chi connectivity index (χ1) is 16.9. The van der Waals surface area contributed by atoms with Crippen LogP contribution in [0.4, 0.5) is 5.69 Å². The van der Waals surface area contributed by atoms with E-state index in [1.807, 2.05) is 19.1 Å².